The monoisotopic (exact) mass is 274 g/mol. The summed E-state index contributed by atoms with van der Waals surface area (Å²) in [6, 6.07) is 11.3. The van der Waals surface area contributed by atoms with E-state index in [2.05, 4.69) is 56.3 Å². The smallest absolute Gasteiger partial charge is 0.00104 e. The molecule has 0 radical (unpaired) electrons. The highest BCUT2D eigenvalue weighted by Gasteiger charge is 2.30. The fourth-order valence-electron chi connectivity index (χ4n) is 3.17. The first-order valence-corrected chi connectivity index (χ1v) is 9.34. The van der Waals surface area contributed by atoms with Crippen LogP contribution in [0.1, 0.15) is 52.4 Å². The van der Waals surface area contributed by atoms with Crippen molar-refractivity contribution in [3.05, 3.63) is 42.5 Å². The van der Waals surface area contributed by atoms with E-state index < -0.39 is 0 Å². The molecule has 1 heteroatoms. The molecule has 0 aromatic heterocycles. The fraction of sp³-hybridized carbons (Fsp3) is 0.556. The Morgan fingerprint density at radius 1 is 1.16 bits per heavy atom. The van der Waals surface area contributed by atoms with Gasteiger partial charge in [0, 0.05) is 5.66 Å². The maximum Gasteiger partial charge on any atom is 0.00104 e. The molecule has 1 fully saturated rings. The van der Waals surface area contributed by atoms with Gasteiger partial charge in [-0.25, -0.2) is 0 Å². The predicted molar refractivity (Wildman–Crippen MR) is 88.8 cm³/mol. The van der Waals surface area contributed by atoms with Crippen molar-refractivity contribution in [2.45, 2.75) is 63.7 Å². The number of benzene rings is 1. The SMILES string of the molecule is CC/C=C\[C@@H](CC)P(c1ccccc1)C1CCCC1. The van der Waals surface area contributed by atoms with Crippen LogP contribution in [0, 0.1) is 0 Å². The second-order valence-electron chi connectivity index (χ2n) is 5.49. The van der Waals surface area contributed by atoms with E-state index in [1.54, 1.807) is 5.30 Å². The second-order valence-corrected chi connectivity index (χ2v) is 8.22. The van der Waals surface area contributed by atoms with Gasteiger partial charge in [-0.05, 0) is 36.6 Å². The van der Waals surface area contributed by atoms with E-state index >= 15 is 0 Å². The van der Waals surface area contributed by atoms with E-state index in [0.717, 1.165) is 11.3 Å². The van der Waals surface area contributed by atoms with Gasteiger partial charge in [0.2, 0.25) is 0 Å². The molecular formula is C18H27P. The molecule has 1 saturated carbocycles. The third-order valence-corrected chi connectivity index (χ3v) is 7.59. The van der Waals surface area contributed by atoms with Gasteiger partial charge in [0.15, 0.2) is 0 Å². The number of hydrogen-bond donors (Lipinski definition) is 0. The Hall–Kier alpha value is -0.610. The van der Waals surface area contributed by atoms with Crippen molar-refractivity contribution in [1.29, 1.82) is 0 Å². The van der Waals surface area contributed by atoms with Crippen molar-refractivity contribution in [1.82, 2.24) is 0 Å². The first kappa shape index (κ1) is 14.8. The highest BCUT2D eigenvalue weighted by atomic mass is 31.1. The van der Waals surface area contributed by atoms with Crippen LogP contribution in [-0.4, -0.2) is 11.3 Å². The lowest BCUT2D eigenvalue weighted by Crippen LogP contribution is -2.19. The number of allylic oxidation sites excluding steroid dienone is 2. The van der Waals surface area contributed by atoms with Crippen LogP contribution in [0.4, 0.5) is 0 Å². The predicted octanol–water partition coefficient (Wildman–Crippen LogP) is 5.48. The summed E-state index contributed by atoms with van der Waals surface area (Å²) in [4.78, 5) is 0. The Morgan fingerprint density at radius 3 is 2.42 bits per heavy atom. The minimum Gasteiger partial charge on any atom is -0.0882 e. The lowest BCUT2D eigenvalue weighted by atomic mass is 10.3. The van der Waals surface area contributed by atoms with Crippen LogP contribution in [-0.2, 0) is 0 Å². The summed E-state index contributed by atoms with van der Waals surface area (Å²) in [6.07, 6.45) is 13.1. The Labute approximate surface area is 120 Å². The van der Waals surface area contributed by atoms with Gasteiger partial charge in [0.05, 0.1) is 0 Å². The van der Waals surface area contributed by atoms with Crippen molar-refractivity contribution in [3.8, 4) is 0 Å². The molecule has 2 rings (SSSR count). The summed E-state index contributed by atoms with van der Waals surface area (Å²) < 4.78 is 0. The fourth-order valence-corrected chi connectivity index (χ4v) is 6.66. The summed E-state index contributed by atoms with van der Waals surface area (Å²) in [5.41, 5.74) is 1.74. The number of hydrogen-bond acceptors (Lipinski definition) is 0. The van der Waals surface area contributed by atoms with Crippen LogP contribution in [0.15, 0.2) is 42.5 Å². The summed E-state index contributed by atoms with van der Waals surface area (Å²) in [6.45, 7) is 4.60. The lowest BCUT2D eigenvalue weighted by Gasteiger charge is -2.30. The zero-order valence-corrected chi connectivity index (χ0v) is 13.3. The Morgan fingerprint density at radius 2 is 1.84 bits per heavy atom. The molecule has 0 heterocycles. The average Bonchev–Trinajstić information content (AvgIpc) is 2.98. The molecule has 1 aliphatic carbocycles. The highest BCUT2D eigenvalue weighted by molar-refractivity contribution is 7.67. The van der Waals surface area contributed by atoms with Crippen LogP contribution in [0.2, 0.25) is 0 Å². The van der Waals surface area contributed by atoms with Gasteiger partial charge >= 0.3 is 0 Å². The zero-order valence-electron chi connectivity index (χ0n) is 12.4. The molecule has 0 amide bonds. The van der Waals surface area contributed by atoms with Gasteiger partial charge in [-0.15, -0.1) is 0 Å². The van der Waals surface area contributed by atoms with Gasteiger partial charge in [0.25, 0.3) is 0 Å². The third-order valence-electron chi connectivity index (χ3n) is 4.14. The van der Waals surface area contributed by atoms with E-state index in [0.29, 0.717) is 0 Å². The van der Waals surface area contributed by atoms with Crippen LogP contribution < -0.4 is 5.30 Å². The topological polar surface area (TPSA) is 0 Å². The van der Waals surface area contributed by atoms with Crippen molar-refractivity contribution in [2.24, 2.45) is 0 Å². The van der Waals surface area contributed by atoms with Crippen LogP contribution in [0.25, 0.3) is 0 Å². The molecule has 0 aliphatic heterocycles. The normalized spacial score (nSPS) is 19.9. The van der Waals surface area contributed by atoms with Crippen LogP contribution in [0.5, 0.6) is 0 Å². The maximum atomic E-state index is 2.51. The Bertz CT molecular complexity index is 376. The van der Waals surface area contributed by atoms with Crippen molar-refractivity contribution in [2.75, 3.05) is 0 Å². The minimum atomic E-state index is -0.0188. The maximum absolute atomic E-state index is 2.51. The summed E-state index contributed by atoms with van der Waals surface area (Å²) in [5.74, 6) is 0. The summed E-state index contributed by atoms with van der Waals surface area (Å²) >= 11 is 0. The average molecular weight is 274 g/mol. The highest BCUT2D eigenvalue weighted by Crippen LogP contribution is 2.53. The third kappa shape index (κ3) is 3.93. The molecule has 1 unspecified atom stereocenters. The molecule has 0 N–H and O–H groups in total. The second kappa shape index (κ2) is 7.85. The van der Waals surface area contributed by atoms with Crippen LogP contribution in [0.3, 0.4) is 0 Å². The molecule has 1 aliphatic rings. The molecule has 0 saturated heterocycles. The van der Waals surface area contributed by atoms with E-state index in [4.69, 9.17) is 0 Å². The van der Waals surface area contributed by atoms with Gasteiger partial charge in [-0.3, -0.25) is 0 Å². The van der Waals surface area contributed by atoms with E-state index in [9.17, 15) is 0 Å². The summed E-state index contributed by atoms with van der Waals surface area (Å²) in [7, 11) is -0.0188. The van der Waals surface area contributed by atoms with E-state index in [1.807, 2.05) is 0 Å². The van der Waals surface area contributed by atoms with Gasteiger partial charge in [0.1, 0.15) is 0 Å². The molecule has 104 valence electrons. The molecule has 2 atom stereocenters. The standard InChI is InChI=1S/C18H27P/c1-3-5-11-16(4-2)19(18-14-9-10-15-18)17-12-7-6-8-13-17/h5-8,11-13,16,18H,3-4,9-10,14-15H2,1-2H3/b11-5-/t16-,19?/m1/s1. The first-order valence-electron chi connectivity index (χ1n) is 7.86. The first-order chi connectivity index (χ1) is 9.36. The van der Waals surface area contributed by atoms with Gasteiger partial charge < -0.3 is 0 Å². The van der Waals surface area contributed by atoms with Gasteiger partial charge in [-0.2, -0.15) is 0 Å². The molecule has 0 bridgehead atoms. The number of rotatable bonds is 6. The summed E-state index contributed by atoms with van der Waals surface area (Å²) in [5, 5.41) is 1.62. The zero-order chi connectivity index (χ0) is 13.5. The largest absolute Gasteiger partial charge is 0.0882 e. The molecule has 0 nitrogen and oxygen atoms in total. The van der Waals surface area contributed by atoms with Crippen molar-refractivity contribution in [3.63, 3.8) is 0 Å². The van der Waals surface area contributed by atoms with E-state index in [1.165, 1.54) is 38.5 Å². The molecule has 0 spiro atoms. The molecule has 1 aromatic carbocycles. The van der Waals surface area contributed by atoms with E-state index in [-0.39, 0.29) is 7.92 Å². The Kier molecular flexibility index (Phi) is 6.11. The van der Waals surface area contributed by atoms with Crippen molar-refractivity contribution < 1.29 is 0 Å². The minimum absolute atomic E-state index is 0.0188. The molecule has 1 aromatic rings. The lowest BCUT2D eigenvalue weighted by molar-refractivity contribution is 0.864. The van der Waals surface area contributed by atoms with Gasteiger partial charge in [-0.1, -0.05) is 77.1 Å². The van der Waals surface area contributed by atoms with Crippen LogP contribution >= 0.6 is 7.92 Å². The molecule has 19 heavy (non-hydrogen) atoms. The van der Waals surface area contributed by atoms with Crippen molar-refractivity contribution >= 4 is 13.2 Å². The quantitative estimate of drug-likeness (QED) is 0.476. The molecular weight excluding hydrogens is 247 g/mol. The Balaban J connectivity index is 2.24.